The highest BCUT2D eigenvalue weighted by molar-refractivity contribution is 6.43. The maximum Gasteiger partial charge on any atom is 0.354 e. The Kier molecular flexibility index (Phi) is 5.43. The summed E-state index contributed by atoms with van der Waals surface area (Å²) >= 11 is 12.1. The molecule has 1 heterocycles. The Morgan fingerprint density at radius 2 is 1.83 bits per heavy atom. The Morgan fingerprint density at radius 3 is 2.46 bits per heavy atom. The molecule has 0 aliphatic heterocycles. The monoisotopic (exact) mass is 370 g/mol. The molecule has 0 amide bonds. The number of halogens is 2. The minimum atomic E-state index is -0.576. The molecule has 1 aromatic heterocycles. The van der Waals surface area contributed by atoms with Crippen LogP contribution < -0.4 is 16.2 Å². The quantitative estimate of drug-likeness (QED) is 0.536. The summed E-state index contributed by atoms with van der Waals surface area (Å²) in [5, 5.41) is 14.9. The number of hydrogen-bond donors (Lipinski definition) is 3. The van der Waals surface area contributed by atoms with E-state index in [4.69, 9.17) is 23.2 Å². The molecule has 8 nitrogen and oxygen atoms in total. The fourth-order valence-electron chi connectivity index (χ4n) is 1.71. The van der Waals surface area contributed by atoms with Crippen LogP contribution in [0.5, 0.6) is 0 Å². The highest BCUT2D eigenvalue weighted by atomic mass is 35.5. The van der Waals surface area contributed by atoms with Crippen molar-refractivity contribution in [2.45, 2.75) is 26.3 Å². The summed E-state index contributed by atoms with van der Waals surface area (Å²) in [5.41, 5.74) is 5.44. The lowest BCUT2D eigenvalue weighted by atomic mass is 10.1. The lowest BCUT2D eigenvalue weighted by Gasteiger charge is -2.21. The van der Waals surface area contributed by atoms with Crippen LogP contribution in [0.1, 0.15) is 20.8 Å². The molecule has 0 atom stereocenters. The molecular formula is C14H16Cl2N6O2. The van der Waals surface area contributed by atoms with Crippen molar-refractivity contribution in [1.29, 1.82) is 0 Å². The number of hydrogen-bond acceptors (Lipinski definition) is 7. The van der Waals surface area contributed by atoms with Crippen LogP contribution in [0.3, 0.4) is 0 Å². The van der Waals surface area contributed by atoms with Gasteiger partial charge < -0.3 is 5.32 Å². The Labute approximate surface area is 148 Å². The van der Waals surface area contributed by atoms with Crippen LogP contribution in [0.15, 0.2) is 24.5 Å². The summed E-state index contributed by atoms with van der Waals surface area (Å²) in [6.07, 6.45) is 1.21. The smallest absolute Gasteiger partial charge is 0.333 e. The van der Waals surface area contributed by atoms with Crippen molar-refractivity contribution in [1.82, 2.24) is 15.4 Å². The van der Waals surface area contributed by atoms with Gasteiger partial charge in [-0.15, -0.1) is 0 Å². The minimum Gasteiger partial charge on any atom is -0.333 e. The maximum atomic E-state index is 11.5. The van der Waals surface area contributed by atoms with Crippen molar-refractivity contribution in [3.8, 4) is 0 Å². The van der Waals surface area contributed by atoms with Gasteiger partial charge in [0.25, 0.3) is 0 Å². The van der Waals surface area contributed by atoms with Gasteiger partial charge in [-0.1, -0.05) is 29.3 Å². The topological polar surface area (TPSA) is 105 Å². The Hall–Kier alpha value is -2.16. The van der Waals surface area contributed by atoms with Crippen LogP contribution in [0, 0.1) is 10.1 Å². The van der Waals surface area contributed by atoms with E-state index in [1.165, 1.54) is 6.33 Å². The molecule has 0 unspecified atom stereocenters. The first-order chi connectivity index (χ1) is 11.2. The molecule has 0 saturated carbocycles. The third-order valence-electron chi connectivity index (χ3n) is 2.77. The first-order valence-electron chi connectivity index (χ1n) is 6.92. The van der Waals surface area contributed by atoms with E-state index in [2.05, 4.69) is 26.1 Å². The lowest BCUT2D eigenvalue weighted by Crippen LogP contribution is -2.40. The van der Waals surface area contributed by atoms with E-state index in [-0.39, 0.29) is 27.9 Å². The number of benzene rings is 1. The average Bonchev–Trinajstić information content (AvgIpc) is 2.49. The van der Waals surface area contributed by atoms with Crippen LogP contribution in [0.25, 0.3) is 0 Å². The summed E-state index contributed by atoms with van der Waals surface area (Å²) in [5.74, 6) is 0.0305. The van der Waals surface area contributed by atoms with Crippen molar-refractivity contribution >= 4 is 46.2 Å². The van der Waals surface area contributed by atoms with Crippen molar-refractivity contribution in [2.75, 3.05) is 10.7 Å². The molecule has 2 rings (SSSR count). The van der Waals surface area contributed by atoms with Crippen molar-refractivity contribution < 1.29 is 4.92 Å². The van der Waals surface area contributed by atoms with Gasteiger partial charge in [0.05, 0.1) is 20.7 Å². The second-order valence-corrected chi connectivity index (χ2v) is 6.69. The standard InChI is InChI=1S/C14H16Cl2N6O2/c1-14(2,3)21-20-13-11(22(23)24)12(17-7-18-13)19-9-6-4-5-8(15)10(9)16/h4-7,21H,1-3H3,(H2,17,18,19,20). The van der Waals surface area contributed by atoms with Gasteiger partial charge in [-0.25, -0.2) is 15.4 Å². The van der Waals surface area contributed by atoms with E-state index in [0.717, 1.165) is 0 Å². The summed E-state index contributed by atoms with van der Waals surface area (Å²) in [6.45, 7) is 5.70. The molecule has 0 bridgehead atoms. The molecule has 24 heavy (non-hydrogen) atoms. The van der Waals surface area contributed by atoms with Crippen LogP contribution in [-0.2, 0) is 0 Å². The van der Waals surface area contributed by atoms with Gasteiger partial charge in [0, 0.05) is 5.54 Å². The normalized spacial score (nSPS) is 11.2. The van der Waals surface area contributed by atoms with Gasteiger partial charge in [-0.05, 0) is 32.9 Å². The Balaban J connectivity index is 2.39. The van der Waals surface area contributed by atoms with E-state index in [9.17, 15) is 10.1 Å². The molecular weight excluding hydrogens is 355 g/mol. The molecule has 0 aliphatic carbocycles. The highest BCUT2D eigenvalue weighted by Crippen LogP contribution is 2.35. The largest absolute Gasteiger partial charge is 0.354 e. The van der Waals surface area contributed by atoms with Gasteiger partial charge in [0.2, 0.25) is 11.6 Å². The molecule has 3 N–H and O–H groups in total. The maximum absolute atomic E-state index is 11.5. The minimum absolute atomic E-state index is 0.00243. The number of anilines is 3. The zero-order valence-corrected chi connectivity index (χ0v) is 14.7. The summed E-state index contributed by atoms with van der Waals surface area (Å²) in [6, 6.07) is 4.92. The van der Waals surface area contributed by atoms with Crippen LogP contribution in [0.4, 0.5) is 23.0 Å². The molecule has 0 fully saturated rings. The van der Waals surface area contributed by atoms with Gasteiger partial charge in [0.1, 0.15) is 6.33 Å². The average molecular weight is 371 g/mol. The molecule has 0 spiro atoms. The fraction of sp³-hybridized carbons (Fsp3) is 0.286. The number of nitrogens with one attached hydrogen (secondary N) is 3. The number of aromatic nitrogens is 2. The van der Waals surface area contributed by atoms with Gasteiger partial charge in [-0.2, -0.15) is 0 Å². The van der Waals surface area contributed by atoms with Crippen LogP contribution >= 0.6 is 23.2 Å². The molecule has 10 heteroatoms. The van der Waals surface area contributed by atoms with Crippen LogP contribution in [0.2, 0.25) is 10.0 Å². The predicted molar refractivity (Wildman–Crippen MR) is 94.9 cm³/mol. The van der Waals surface area contributed by atoms with E-state index >= 15 is 0 Å². The van der Waals surface area contributed by atoms with Crippen LogP contribution in [-0.4, -0.2) is 20.4 Å². The zero-order chi connectivity index (χ0) is 17.9. The number of hydrazine groups is 1. The zero-order valence-electron chi connectivity index (χ0n) is 13.2. The predicted octanol–water partition coefficient (Wildman–Crippen LogP) is 4.15. The SMILES string of the molecule is CC(C)(C)NNc1ncnc(Nc2cccc(Cl)c2Cl)c1[N+](=O)[O-]. The van der Waals surface area contributed by atoms with E-state index in [1.54, 1.807) is 18.2 Å². The Bertz CT molecular complexity index is 763. The summed E-state index contributed by atoms with van der Waals surface area (Å²) in [7, 11) is 0. The third kappa shape index (κ3) is 4.44. The number of nitro groups is 1. The molecule has 1 aromatic carbocycles. The second kappa shape index (κ2) is 7.16. The van der Waals surface area contributed by atoms with Crippen molar-refractivity contribution in [3.05, 3.63) is 44.7 Å². The summed E-state index contributed by atoms with van der Waals surface area (Å²) in [4.78, 5) is 18.7. The third-order valence-corrected chi connectivity index (χ3v) is 3.58. The molecule has 2 aromatic rings. The second-order valence-electron chi connectivity index (χ2n) is 5.90. The number of nitrogens with zero attached hydrogens (tertiary/aromatic N) is 3. The van der Waals surface area contributed by atoms with Gasteiger partial charge in [-0.3, -0.25) is 15.5 Å². The van der Waals surface area contributed by atoms with Crippen molar-refractivity contribution in [2.24, 2.45) is 0 Å². The molecule has 0 aliphatic rings. The van der Waals surface area contributed by atoms with Crippen molar-refractivity contribution in [3.63, 3.8) is 0 Å². The Morgan fingerprint density at radius 1 is 1.17 bits per heavy atom. The first-order valence-corrected chi connectivity index (χ1v) is 7.68. The molecule has 0 radical (unpaired) electrons. The lowest BCUT2D eigenvalue weighted by molar-refractivity contribution is -0.383. The summed E-state index contributed by atoms with van der Waals surface area (Å²) < 4.78 is 0. The van der Waals surface area contributed by atoms with E-state index in [1.807, 2.05) is 20.8 Å². The van der Waals surface area contributed by atoms with E-state index in [0.29, 0.717) is 10.7 Å². The van der Waals surface area contributed by atoms with Gasteiger partial charge >= 0.3 is 5.69 Å². The van der Waals surface area contributed by atoms with E-state index < -0.39 is 4.92 Å². The fourth-order valence-corrected chi connectivity index (χ4v) is 2.06. The molecule has 0 saturated heterocycles. The first kappa shape index (κ1) is 18.2. The highest BCUT2D eigenvalue weighted by Gasteiger charge is 2.24. The van der Waals surface area contributed by atoms with Gasteiger partial charge in [0.15, 0.2) is 0 Å². The molecule has 128 valence electrons. The number of rotatable bonds is 5.